The lowest BCUT2D eigenvalue weighted by molar-refractivity contribution is 0.102. The molecule has 0 spiro atoms. The zero-order valence-corrected chi connectivity index (χ0v) is 10.7. The van der Waals surface area contributed by atoms with Gasteiger partial charge in [-0.05, 0) is 25.1 Å². The Bertz CT molecular complexity index is 677. The van der Waals surface area contributed by atoms with Crippen LogP contribution in [0.25, 0.3) is 0 Å². The second kappa shape index (κ2) is 5.24. The molecule has 19 heavy (non-hydrogen) atoms. The number of amides is 1. The minimum Gasteiger partial charge on any atom is -0.364 e. The largest absolute Gasteiger partial charge is 0.364 e. The maximum atomic E-state index is 13.1. The SMILES string of the molecule is Cc1cc(=O)c(C(=O)Nc2cc(F)cc(Cl)c2)c[nH]1. The summed E-state index contributed by atoms with van der Waals surface area (Å²) >= 11 is 5.67. The topological polar surface area (TPSA) is 62.0 Å². The lowest BCUT2D eigenvalue weighted by atomic mass is 10.2. The molecule has 2 N–H and O–H groups in total. The number of nitrogens with one attached hydrogen (secondary N) is 2. The Morgan fingerprint density at radius 1 is 1.32 bits per heavy atom. The number of aromatic amines is 1. The van der Waals surface area contributed by atoms with E-state index in [9.17, 15) is 14.0 Å². The van der Waals surface area contributed by atoms with Crippen LogP contribution in [0.4, 0.5) is 10.1 Å². The average molecular weight is 281 g/mol. The van der Waals surface area contributed by atoms with Crippen LogP contribution in [0.2, 0.25) is 5.02 Å². The van der Waals surface area contributed by atoms with Crippen molar-refractivity contribution in [3.63, 3.8) is 0 Å². The van der Waals surface area contributed by atoms with Crippen LogP contribution < -0.4 is 10.7 Å². The summed E-state index contributed by atoms with van der Waals surface area (Å²) in [4.78, 5) is 26.3. The number of hydrogen-bond acceptors (Lipinski definition) is 2. The predicted octanol–water partition coefficient (Wildman–Crippen LogP) is 2.73. The normalized spacial score (nSPS) is 10.3. The van der Waals surface area contributed by atoms with Crippen LogP contribution in [-0.2, 0) is 0 Å². The molecule has 0 aliphatic carbocycles. The Kier molecular flexibility index (Phi) is 3.66. The van der Waals surface area contributed by atoms with E-state index >= 15 is 0 Å². The van der Waals surface area contributed by atoms with E-state index in [0.717, 1.165) is 12.1 Å². The number of pyridine rings is 1. The zero-order valence-electron chi connectivity index (χ0n) is 9.96. The van der Waals surface area contributed by atoms with E-state index in [1.54, 1.807) is 6.92 Å². The first-order valence-electron chi connectivity index (χ1n) is 5.42. The standard InChI is InChI=1S/C13H10ClFN2O2/c1-7-2-12(18)11(6-16-7)13(19)17-10-4-8(14)3-9(15)5-10/h2-6H,1H3,(H,16,18)(H,17,19). The van der Waals surface area contributed by atoms with Crippen molar-refractivity contribution in [2.24, 2.45) is 0 Å². The van der Waals surface area contributed by atoms with Crippen LogP contribution >= 0.6 is 11.6 Å². The molecule has 0 bridgehead atoms. The van der Waals surface area contributed by atoms with Gasteiger partial charge < -0.3 is 10.3 Å². The summed E-state index contributed by atoms with van der Waals surface area (Å²) in [7, 11) is 0. The van der Waals surface area contributed by atoms with Gasteiger partial charge in [-0.15, -0.1) is 0 Å². The number of anilines is 1. The van der Waals surface area contributed by atoms with E-state index < -0.39 is 17.2 Å². The molecule has 0 saturated heterocycles. The number of halogens is 2. The van der Waals surface area contributed by atoms with E-state index in [1.807, 2.05) is 0 Å². The second-order valence-corrected chi connectivity index (χ2v) is 4.44. The first kappa shape index (κ1) is 13.3. The van der Waals surface area contributed by atoms with Crippen molar-refractivity contribution in [2.45, 2.75) is 6.92 Å². The van der Waals surface area contributed by atoms with Gasteiger partial charge in [0.15, 0.2) is 5.43 Å². The van der Waals surface area contributed by atoms with Crippen molar-refractivity contribution in [3.8, 4) is 0 Å². The van der Waals surface area contributed by atoms with Crippen LogP contribution in [0.1, 0.15) is 16.1 Å². The Hall–Kier alpha value is -2.14. The monoisotopic (exact) mass is 280 g/mol. The molecule has 4 nitrogen and oxygen atoms in total. The lowest BCUT2D eigenvalue weighted by Gasteiger charge is -2.05. The molecule has 0 aliphatic rings. The quantitative estimate of drug-likeness (QED) is 0.888. The molecule has 1 heterocycles. The number of aryl methyl sites for hydroxylation is 1. The minimum absolute atomic E-state index is 0.0500. The fraction of sp³-hybridized carbons (Fsp3) is 0.0769. The molecule has 0 aliphatic heterocycles. The maximum absolute atomic E-state index is 13.1. The number of hydrogen-bond donors (Lipinski definition) is 2. The first-order valence-corrected chi connectivity index (χ1v) is 5.80. The Morgan fingerprint density at radius 2 is 2.05 bits per heavy atom. The molecule has 0 fully saturated rings. The van der Waals surface area contributed by atoms with Gasteiger partial charge in [0.05, 0.1) is 0 Å². The molecule has 0 radical (unpaired) electrons. The molecule has 2 aromatic rings. The van der Waals surface area contributed by atoms with Crippen LogP contribution in [0, 0.1) is 12.7 Å². The van der Waals surface area contributed by atoms with Gasteiger partial charge in [0.2, 0.25) is 0 Å². The summed E-state index contributed by atoms with van der Waals surface area (Å²) < 4.78 is 13.1. The fourth-order valence-electron chi connectivity index (χ4n) is 1.58. The highest BCUT2D eigenvalue weighted by molar-refractivity contribution is 6.31. The van der Waals surface area contributed by atoms with E-state index in [4.69, 9.17) is 11.6 Å². The molecule has 1 amide bonds. The molecule has 6 heteroatoms. The summed E-state index contributed by atoms with van der Waals surface area (Å²) in [5.74, 6) is -1.19. The van der Waals surface area contributed by atoms with Gasteiger partial charge in [-0.25, -0.2) is 4.39 Å². The number of benzene rings is 1. The van der Waals surface area contributed by atoms with Crippen molar-refractivity contribution in [2.75, 3.05) is 5.32 Å². The van der Waals surface area contributed by atoms with Gasteiger partial charge in [0, 0.05) is 28.7 Å². The molecule has 0 saturated carbocycles. The molecular weight excluding hydrogens is 271 g/mol. The highest BCUT2D eigenvalue weighted by Gasteiger charge is 2.11. The van der Waals surface area contributed by atoms with E-state index in [1.165, 1.54) is 18.3 Å². The predicted molar refractivity (Wildman–Crippen MR) is 71.2 cm³/mol. The number of H-pyrrole nitrogens is 1. The highest BCUT2D eigenvalue weighted by atomic mass is 35.5. The number of carbonyl (C=O) groups is 1. The van der Waals surface area contributed by atoms with Gasteiger partial charge in [0.25, 0.3) is 5.91 Å². The van der Waals surface area contributed by atoms with Gasteiger partial charge in [0.1, 0.15) is 11.4 Å². The van der Waals surface area contributed by atoms with Crippen LogP contribution in [-0.4, -0.2) is 10.9 Å². The van der Waals surface area contributed by atoms with Crippen LogP contribution in [0.5, 0.6) is 0 Å². The Morgan fingerprint density at radius 3 is 2.68 bits per heavy atom. The average Bonchev–Trinajstić information content (AvgIpc) is 2.26. The fourth-order valence-corrected chi connectivity index (χ4v) is 1.80. The molecule has 1 aromatic carbocycles. The molecule has 98 valence electrons. The second-order valence-electron chi connectivity index (χ2n) is 4.01. The maximum Gasteiger partial charge on any atom is 0.261 e. The Labute approximate surface area is 113 Å². The third kappa shape index (κ3) is 3.20. The summed E-state index contributed by atoms with van der Waals surface area (Å²) in [5.41, 5.74) is 0.382. The van der Waals surface area contributed by atoms with Gasteiger partial charge in [-0.2, -0.15) is 0 Å². The number of rotatable bonds is 2. The number of aromatic nitrogens is 1. The van der Waals surface area contributed by atoms with Crippen molar-refractivity contribution >= 4 is 23.2 Å². The van der Waals surface area contributed by atoms with Crippen LogP contribution in [0.3, 0.4) is 0 Å². The van der Waals surface area contributed by atoms with Crippen molar-refractivity contribution < 1.29 is 9.18 Å². The molecule has 0 atom stereocenters. The van der Waals surface area contributed by atoms with Gasteiger partial charge in [-0.3, -0.25) is 9.59 Å². The Balaban J connectivity index is 2.28. The summed E-state index contributed by atoms with van der Waals surface area (Å²) in [6.45, 7) is 1.70. The summed E-state index contributed by atoms with van der Waals surface area (Å²) in [5, 5.41) is 2.58. The van der Waals surface area contributed by atoms with Crippen LogP contribution in [0.15, 0.2) is 35.3 Å². The van der Waals surface area contributed by atoms with Gasteiger partial charge in [-0.1, -0.05) is 11.6 Å². The van der Waals surface area contributed by atoms with E-state index in [2.05, 4.69) is 10.3 Å². The zero-order chi connectivity index (χ0) is 14.0. The molecule has 2 rings (SSSR count). The third-order valence-electron chi connectivity index (χ3n) is 2.42. The molecule has 1 aromatic heterocycles. The molecular formula is C13H10ClFN2O2. The van der Waals surface area contributed by atoms with Gasteiger partial charge >= 0.3 is 0 Å². The smallest absolute Gasteiger partial charge is 0.261 e. The minimum atomic E-state index is -0.622. The first-order chi connectivity index (χ1) is 8.95. The number of carbonyl (C=O) groups excluding carboxylic acids is 1. The van der Waals surface area contributed by atoms with Crippen molar-refractivity contribution in [1.29, 1.82) is 0 Å². The summed E-state index contributed by atoms with van der Waals surface area (Å²) in [6.07, 6.45) is 1.31. The highest BCUT2D eigenvalue weighted by Crippen LogP contribution is 2.18. The molecule has 0 unspecified atom stereocenters. The van der Waals surface area contributed by atoms with Crippen molar-refractivity contribution in [1.82, 2.24) is 4.98 Å². The third-order valence-corrected chi connectivity index (χ3v) is 2.64. The van der Waals surface area contributed by atoms with E-state index in [0.29, 0.717) is 5.69 Å². The van der Waals surface area contributed by atoms with E-state index in [-0.39, 0.29) is 16.3 Å². The van der Waals surface area contributed by atoms with Crippen molar-refractivity contribution in [3.05, 3.63) is 62.8 Å². The lowest BCUT2D eigenvalue weighted by Crippen LogP contribution is -2.21. The summed E-state index contributed by atoms with van der Waals surface area (Å²) in [6, 6.07) is 4.94.